The van der Waals surface area contributed by atoms with Crippen LogP contribution in [0.4, 0.5) is 35.9 Å². The molecular formula is C27H23F3N4O4. The van der Waals surface area contributed by atoms with Crippen molar-refractivity contribution in [1.82, 2.24) is 5.48 Å². The Bertz CT molecular complexity index is 1470. The van der Waals surface area contributed by atoms with Crippen molar-refractivity contribution in [1.29, 1.82) is 0 Å². The second-order valence-corrected chi connectivity index (χ2v) is 8.11. The van der Waals surface area contributed by atoms with Crippen LogP contribution in [0.25, 0.3) is 10.8 Å². The molecule has 0 fully saturated rings. The first kappa shape index (κ1) is 26.7. The maximum absolute atomic E-state index is 13.3. The number of nitrogens with zero attached hydrogens (tertiary/aromatic N) is 3. The minimum atomic E-state index is -4.53. The van der Waals surface area contributed by atoms with Gasteiger partial charge in [-0.15, -0.1) is 5.11 Å². The van der Waals surface area contributed by atoms with Crippen molar-refractivity contribution in [3.8, 4) is 5.75 Å². The third kappa shape index (κ3) is 6.14. The molecule has 4 rings (SSSR count). The standard InChI is InChI=1S/C27H23F3N4O4/c1-17(35)18-6-9-21(10-7-18)32-33-26-24-12-11-23(14-19(24)8-13-25(26)36)34(38-16-31-37-2)22-5-3-4-20(15-22)27(28,29)30/h3-15,31,36H,16H2,1-2H3/b33-32-. The van der Waals surface area contributed by atoms with Crippen molar-refractivity contribution in [3.05, 3.63) is 90.0 Å². The maximum Gasteiger partial charge on any atom is 0.416 e. The monoisotopic (exact) mass is 524 g/mol. The first-order valence-electron chi connectivity index (χ1n) is 11.3. The van der Waals surface area contributed by atoms with Crippen LogP contribution in [0, 0.1) is 0 Å². The number of azo groups is 1. The molecule has 8 nitrogen and oxygen atoms in total. The van der Waals surface area contributed by atoms with Gasteiger partial charge in [0.15, 0.2) is 5.78 Å². The largest absolute Gasteiger partial charge is 0.506 e. The van der Waals surface area contributed by atoms with Crippen molar-refractivity contribution in [2.24, 2.45) is 10.2 Å². The summed E-state index contributed by atoms with van der Waals surface area (Å²) in [5.41, 5.74) is 3.46. The molecule has 0 aliphatic heterocycles. The molecule has 4 aromatic carbocycles. The summed E-state index contributed by atoms with van der Waals surface area (Å²) in [7, 11) is 1.38. The van der Waals surface area contributed by atoms with E-state index in [9.17, 15) is 23.1 Å². The molecule has 196 valence electrons. The van der Waals surface area contributed by atoms with Crippen LogP contribution in [0.5, 0.6) is 5.75 Å². The number of alkyl halides is 3. The number of anilines is 2. The number of hydrogen-bond acceptors (Lipinski definition) is 8. The zero-order chi connectivity index (χ0) is 27.3. The molecule has 0 saturated carbocycles. The molecule has 0 amide bonds. The van der Waals surface area contributed by atoms with E-state index < -0.39 is 11.7 Å². The third-order valence-corrected chi connectivity index (χ3v) is 5.53. The topological polar surface area (TPSA) is 95.8 Å². The molecule has 0 aliphatic carbocycles. The summed E-state index contributed by atoms with van der Waals surface area (Å²) in [6, 6.07) is 19.3. The van der Waals surface area contributed by atoms with Crippen molar-refractivity contribution in [3.63, 3.8) is 0 Å². The van der Waals surface area contributed by atoms with Crippen LogP contribution in [-0.4, -0.2) is 24.7 Å². The molecule has 0 saturated heterocycles. The Morgan fingerprint density at radius 2 is 1.71 bits per heavy atom. The molecular weight excluding hydrogens is 501 g/mol. The summed E-state index contributed by atoms with van der Waals surface area (Å²) >= 11 is 0. The summed E-state index contributed by atoms with van der Waals surface area (Å²) in [6.45, 7) is 1.31. The van der Waals surface area contributed by atoms with Gasteiger partial charge in [-0.05, 0) is 79.0 Å². The van der Waals surface area contributed by atoms with Crippen molar-refractivity contribution >= 4 is 39.3 Å². The van der Waals surface area contributed by atoms with Gasteiger partial charge in [0.05, 0.1) is 29.7 Å². The molecule has 0 aliphatic rings. The zero-order valence-corrected chi connectivity index (χ0v) is 20.4. The fraction of sp³-hybridized carbons (Fsp3) is 0.148. The number of halogens is 3. The predicted molar refractivity (Wildman–Crippen MR) is 136 cm³/mol. The lowest BCUT2D eigenvalue weighted by atomic mass is 10.1. The van der Waals surface area contributed by atoms with Crippen LogP contribution >= 0.6 is 0 Å². The Morgan fingerprint density at radius 1 is 0.974 bits per heavy atom. The number of carbonyl (C=O) groups excluding carboxylic acids is 1. The van der Waals surface area contributed by atoms with Crippen LogP contribution in [0.15, 0.2) is 89.1 Å². The summed E-state index contributed by atoms with van der Waals surface area (Å²) in [5, 5.41) is 21.2. The van der Waals surface area contributed by atoms with E-state index in [0.717, 1.165) is 12.1 Å². The number of aromatic hydroxyl groups is 1. The van der Waals surface area contributed by atoms with E-state index in [1.54, 1.807) is 48.5 Å². The summed E-state index contributed by atoms with van der Waals surface area (Å²) < 4.78 is 40.0. The van der Waals surface area contributed by atoms with Gasteiger partial charge in [0.1, 0.15) is 18.2 Å². The number of hydrogen-bond donors (Lipinski definition) is 2. The van der Waals surface area contributed by atoms with E-state index >= 15 is 0 Å². The number of phenolic OH excluding ortho intramolecular Hbond substituents is 1. The highest BCUT2D eigenvalue weighted by Gasteiger charge is 2.31. The Hall–Kier alpha value is -4.32. The van der Waals surface area contributed by atoms with Crippen molar-refractivity contribution in [2.75, 3.05) is 18.9 Å². The van der Waals surface area contributed by atoms with Gasteiger partial charge >= 0.3 is 6.18 Å². The fourth-order valence-electron chi connectivity index (χ4n) is 3.65. The van der Waals surface area contributed by atoms with E-state index in [4.69, 9.17) is 9.68 Å². The van der Waals surface area contributed by atoms with Gasteiger partial charge in [-0.25, -0.2) is 5.06 Å². The summed E-state index contributed by atoms with van der Waals surface area (Å²) in [6.07, 6.45) is -4.53. The smallest absolute Gasteiger partial charge is 0.416 e. The number of carbonyl (C=O) groups is 1. The molecule has 4 aromatic rings. The number of rotatable bonds is 9. The molecule has 11 heteroatoms. The van der Waals surface area contributed by atoms with Gasteiger partial charge < -0.3 is 9.94 Å². The highest BCUT2D eigenvalue weighted by molar-refractivity contribution is 5.97. The maximum atomic E-state index is 13.3. The number of ketones is 1. The van der Waals surface area contributed by atoms with Gasteiger partial charge in [-0.2, -0.15) is 23.8 Å². The highest BCUT2D eigenvalue weighted by Crippen LogP contribution is 2.39. The number of Topliss-reactive ketones (excluding diaryl/α,β-unsaturated/α-hetero) is 1. The second-order valence-electron chi connectivity index (χ2n) is 8.11. The lowest BCUT2D eigenvalue weighted by Gasteiger charge is -2.25. The van der Waals surface area contributed by atoms with Crippen LogP contribution < -0.4 is 10.5 Å². The first-order chi connectivity index (χ1) is 18.2. The minimum absolute atomic E-state index is 0.0721. The average molecular weight is 524 g/mol. The van der Waals surface area contributed by atoms with E-state index in [1.165, 1.54) is 37.3 Å². The second kappa shape index (κ2) is 11.4. The van der Waals surface area contributed by atoms with E-state index in [0.29, 0.717) is 27.7 Å². The molecule has 0 atom stereocenters. The van der Waals surface area contributed by atoms with Crippen LogP contribution in [0.2, 0.25) is 0 Å². The van der Waals surface area contributed by atoms with Gasteiger partial charge in [-0.1, -0.05) is 12.1 Å². The average Bonchev–Trinajstić information content (AvgIpc) is 2.90. The normalized spacial score (nSPS) is 11.8. The third-order valence-electron chi connectivity index (χ3n) is 5.53. The fourth-order valence-corrected chi connectivity index (χ4v) is 3.65. The number of phenols is 1. The minimum Gasteiger partial charge on any atom is -0.506 e. The summed E-state index contributed by atoms with van der Waals surface area (Å²) in [5.74, 6) is -0.179. The molecule has 38 heavy (non-hydrogen) atoms. The van der Waals surface area contributed by atoms with Gasteiger partial charge in [0.25, 0.3) is 0 Å². The van der Waals surface area contributed by atoms with Crippen LogP contribution in [0.1, 0.15) is 22.8 Å². The van der Waals surface area contributed by atoms with E-state index in [-0.39, 0.29) is 29.6 Å². The van der Waals surface area contributed by atoms with E-state index in [2.05, 4.69) is 15.7 Å². The quantitative estimate of drug-likeness (QED) is 0.0781. The number of nitrogens with one attached hydrogen (secondary N) is 1. The highest BCUT2D eigenvalue weighted by atomic mass is 19.4. The Labute approximate surface area is 215 Å². The molecule has 0 radical (unpaired) electrons. The molecule has 0 unspecified atom stereocenters. The van der Waals surface area contributed by atoms with Gasteiger partial charge in [0.2, 0.25) is 0 Å². The number of benzene rings is 4. The lowest BCUT2D eigenvalue weighted by Crippen LogP contribution is -2.26. The molecule has 2 N–H and O–H groups in total. The first-order valence-corrected chi connectivity index (χ1v) is 11.3. The van der Waals surface area contributed by atoms with Gasteiger partial charge in [0, 0.05) is 10.9 Å². The number of fused-ring (bicyclic) bond motifs is 1. The summed E-state index contributed by atoms with van der Waals surface area (Å²) in [4.78, 5) is 21.9. The van der Waals surface area contributed by atoms with Crippen molar-refractivity contribution < 1.29 is 32.7 Å². The molecule has 0 aromatic heterocycles. The zero-order valence-electron chi connectivity index (χ0n) is 20.4. The predicted octanol–water partition coefficient (Wildman–Crippen LogP) is 7.36. The molecule has 0 spiro atoms. The Morgan fingerprint density at radius 3 is 2.39 bits per heavy atom. The molecule has 0 bridgehead atoms. The Balaban J connectivity index is 1.71. The van der Waals surface area contributed by atoms with E-state index in [1.807, 2.05) is 0 Å². The Kier molecular flexibility index (Phi) is 8.01. The van der Waals surface area contributed by atoms with Crippen LogP contribution in [-0.2, 0) is 15.9 Å². The molecule has 0 heterocycles. The SMILES string of the molecule is CONCON(c1cccc(C(F)(F)F)c1)c1ccc2c(/N=N\c3ccc(C(C)=O)cc3)c(O)ccc2c1. The van der Waals surface area contributed by atoms with Crippen LogP contribution in [0.3, 0.4) is 0 Å². The van der Waals surface area contributed by atoms with Gasteiger partial charge in [-0.3, -0.25) is 9.63 Å². The lowest BCUT2D eigenvalue weighted by molar-refractivity contribution is -0.137. The number of hydroxylamine groups is 1. The van der Waals surface area contributed by atoms with Crippen molar-refractivity contribution in [2.45, 2.75) is 13.1 Å².